The third-order valence-corrected chi connectivity index (χ3v) is 2.32. The minimum atomic E-state index is 0.157. The van der Waals surface area contributed by atoms with Crippen LogP contribution in [0.15, 0.2) is 22.8 Å². The van der Waals surface area contributed by atoms with Gasteiger partial charge in [-0.15, -0.1) is 23.4 Å². The van der Waals surface area contributed by atoms with Crippen LogP contribution < -0.4 is 0 Å². The first kappa shape index (κ1) is 8.02. The molecule has 1 heterocycles. The maximum absolute atomic E-state index is 5.72. The summed E-state index contributed by atoms with van der Waals surface area (Å²) in [4.78, 5) is 0. The topological polar surface area (TPSA) is 13.1 Å². The van der Waals surface area contributed by atoms with Crippen LogP contribution in [-0.2, 0) is 5.75 Å². The zero-order valence-corrected chi connectivity index (χ0v) is 7.28. The number of hydrogen-bond acceptors (Lipinski definition) is 2. The zero-order chi connectivity index (χ0) is 7.40. The average Bonchev–Trinajstić information content (AvgIpc) is 2.34. The Labute approximate surface area is 69.7 Å². The molecule has 1 rings (SSSR count). The van der Waals surface area contributed by atoms with E-state index in [0.717, 1.165) is 11.5 Å². The van der Waals surface area contributed by atoms with Crippen molar-refractivity contribution in [2.75, 3.05) is 0 Å². The van der Waals surface area contributed by atoms with E-state index in [1.807, 2.05) is 19.1 Å². The lowest BCUT2D eigenvalue weighted by atomic mass is 10.5. The quantitative estimate of drug-likeness (QED) is 0.657. The third kappa shape index (κ3) is 2.67. The minimum Gasteiger partial charge on any atom is -0.468 e. The molecule has 1 aromatic rings. The van der Waals surface area contributed by atoms with Gasteiger partial charge in [0.15, 0.2) is 0 Å². The number of hydrogen-bond donors (Lipinski definition) is 0. The highest BCUT2D eigenvalue weighted by atomic mass is 35.5. The standard InChI is InChI=1S/C7H9ClOS/c1-6(8)10-5-7-3-2-4-9-7/h2-4,6H,5H2,1H3. The maximum Gasteiger partial charge on any atom is 0.113 e. The molecule has 0 aliphatic carbocycles. The van der Waals surface area contributed by atoms with E-state index in [-0.39, 0.29) is 4.71 Å². The molecule has 1 aromatic heterocycles. The second kappa shape index (κ2) is 3.94. The molecule has 3 heteroatoms. The highest BCUT2D eigenvalue weighted by molar-refractivity contribution is 8.00. The van der Waals surface area contributed by atoms with Gasteiger partial charge >= 0.3 is 0 Å². The fourth-order valence-electron chi connectivity index (χ4n) is 0.592. The molecule has 1 atom stereocenters. The van der Waals surface area contributed by atoms with Crippen LogP contribution in [0.1, 0.15) is 12.7 Å². The molecule has 10 heavy (non-hydrogen) atoms. The summed E-state index contributed by atoms with van der Waals surface area (Å²) in [6, 6.07) is 3.83. The fraction of sp³-hybridized carbons (Fsp3) is 0.429. The molecule has 0 saturated carbocycles. The Kier molecular flexibility index (Phi) is 3.16. The van der Waals surface area contributed by atoms with Crippen molar-refractivity contribution in [2.45, 2.75) is 17.4 Å². The Morgan fingerprint density at radius 3 is 3.10 bits per heavy atom. The van der Waals surface area contributed by atoms with Gasteiger partial charge in [0, 0.05) is 0 Å². The van der Waals surface area contributed by atoms with E-state index in [2.05, 4.69) is 0 Å². The Morgan fingerprint density at radius 1 is 1.80 bits per heavy atom. The van der Waals surface area contributed by atoms with Gasteiger partial charge in [-0.3, -0.25) is 0 Å². The van der Waals surface area contributed by atoms with Crippen LogP contribution in [0.25, 0.3) is 0 Å². The average molecular weight is 177 g/mol. The molecule has 1 nitrogen and oxygen atoms in total. The van der Waals surface area contributed by atoms with E-state index in [1.54, 1.807) is 18.0 Å². The van der Waals surface area contributed by atoms with Crippen LogP contribution in [0.3, 0.4) is 0 Å². The zero-order valence-electron chi connectivity index (χ0n) is 5.71. The lowest BCUT2D eigenvalue weighted by molar-refractivity contribution is 0.530. The van der Waals surface area contributed by atoms with Gasteiger partial charge in [-0.05, 0) is 19.1 Å². The largest absolute Gasteiger partial charge is 0.468 e. The Bertz CT molecular complexity index is 172. The Hall–Kier alpha value is -0.0800. The number of thioether (sulfide) groups is 1. The predicted octanol–water partition coefficient (Wildman–Crippen LogP) is 3.10. The molecule has 0 N–H and O–H groups in total. The van der Waals surface area contributed by atoms with Crippen LogP contribution in [0, 0.1) is 0 Å². The van der Waals surface area contributed by atoms with Crippen molar-refractivity contribution in [3.63, 3.8) is 0 Å². The van der Waals surface area contributed by atoms with E-state index in [0.29, 0.717) is 0 Å². The SMILES string of the molecule is CC(Cl)SCc1ccco1. The van der Waals surface area contributed by atoms with Gasteiger partial charge in [-0.2, -0.15) is 0 Å². The molecule has 0 amide bonds. The summed E-state index contributed by atoms with van der Waals surface area (Å²) >= 11 is 7.38. The molecule has 0 spiro atoms. The third-order valence-electron chi connectivity index (χ3n) is 1.04. The minimum absolute atomic E-state index is 0.157. The van der Waals surface area contributed by atoms with E-state index in [9.17, 15) is 0 Å². The van der Waals surface area contributed by atoms with Crippen LogP contribution >= 0.6 is 23.4 Å². The molecule has 0 saturated heterocycles. The van der Waals surface area contributed by atoms with E-state index in [4.69, 9.17) is 16.0 Å². The van der Waals surface area contributed by atoms with Crippen molar-refractivity contribution >= 4 is 23.4 Å². The number of halogens is 1. The lowest BCUT2D eigenvalue weighted by Gasteiger charge is -1.98. The molecule has 0 bridgehead atoms. The van der Waals surface area contributed by atoms with Crippen molar-refractivity contribution < 1.29 is 4.42 Å². The predicted molar refractivity (Wildman–Crippen MR) is 45.3 cm³/mol. The summed E-state index contributed by atoms with van der Waals surface area (Å²) in [6.07, 6.45) is 1.68. The molecule has 1 unspecified atom stereocenters. The van der Waals surface area contributed by atoms with Crippen molar-refractivity contribution in [1.29, 1.82) is 0 Å². The molecule has 0 aromatic carbocycles. The summed E-state index contributed by atoms with van der Waals surface area (Å²) in [5.74, 6) is 1.84. The summed E-state index contributed by atoms with van der Waals surface area (Å²) in [5, 5.41) is 0. The first-order valence-electron chi connectivity index (χ1n) is 3.07. The monoisotopic (exact) mass is 176 g/mol. The van der Waals surface area contributed by atoms with E-state index >= 15 is 0 Å². The van der Waals surface area contributed by atoms with E-state index in [1.165, 1.54) is 0 Å². The molecule has 0 aliphatic rings. The van der Waals surface area contributed by atoms with Gasteiger partial charge in [-0.1, -0.05) is 0 Å². The van der Waals surface area contributed by atoms with Crippen LogP contribution in [0.5, 0.6) is 0 Å². The Morgan fingerprint density at radius 2 is 2.60 bits per heavy atom. The summed E-state index contributed by atoms with van der Waals surface area (Å²) in [6.45, 7) is 1.95. The van der Waals surface area contributed by atoms with Gasteiger partial charge in [0.05, 0.1) is 16.7 Å². The van der Waals surface area contributed by atoms with Gasteiger partial charge in [-0.25, -0.2) is 0 Å². The smallest absolute Gasteiger partial charge is 0.113 e. The Balaban J connectivity index is 2.28. The van der Waals surface area contributed by atoms with Crippen LogP contribution in [0.2, 0.25) is 0 Å². The van der Waals surface area contributed by atoms with Gasteiger partial charge in [0.25, 0.3) is 0 Å². The second-order valence-electron chi connectivity index (χ2n) is 1.93. The molecular weight excluding hydrogens is 168 g/mol. The van der Waals surface area contributed by atoms with Crippen molar-refractivity contribution in [1.82, 2.24) is 0 Å². The highest BCUT2D eigenvalue weighted by Crippen LogP contribution is 2.19. The summed E-state index contributed by atoms with van der Waals surface area (Å²) < 4.78 is 5.26. The normalized spacial score (nSPS) is 13.4. The van der Waals surface area contributed by atoms with Crippen molar-refractivity contribution in [2.24, 2.45) is 0 Å². The van der Waals surface area contributed by atoms with E-state index < -0.39 is 0 Å². The van der Waals surface area contributed by atoms with Crippen molar-refractivity contribution in [3.05, 3.63) is 24.2 Å². The molecule has 56 valence electrons. The molecule has 0 radical (unpaired) electrons. The first-order chi connectivity index (χ1) is 4.79. The number of rotatable bonds is 3. The molecular formula is C7H9ClOS. The number of furan rings is 1. The summed E-state index contributed by atoms with van der Waals surface area (Å²) in [5.41, 5.74) is 0. The fourth-order valence-corrected chi connectivity index (χ4v) is 1.34. The number of alkyl halides is 1. The van der Waals surface area contributed by atoms with Crippen LogP contribution in [-0.4, -0.2) is 4.71 Å². The first-order valence-corrected chi connectivity index (χ1v) is 4.55. The second-order valence-corrected chi connectivity index (χ2v) is 4.18. The highest BCUT2D eigenvalue weighted by Gasteiger charge is 1.99. The van der Waals surface area contributed by atoms with Gasteiger partial charge in [0.1, 0.15) is 5.76 Å². The van der Waals surface area contributed by atoms with Gasteiger partial charge < -0.3 is 4.42 Å². The van der Waals surface area contributed by atoms with Crippen LogP contribution in [0.4, 0.5) is 0 Å². The van der Waals surface area contributed by atoms with Gasteiger partial charge in [0.2, 0.25) is 0 Å². The lowest BCUT2D eigenvalue weighted by Crippen LogP contribution is -1.82. The molecule has 0 fully saturated rings. The van der Waals surface area contributed by atoms with Crippen molar-refractivity contribution in [3.8, 4) is 0 Å². The maximum atomic E-state index is 5.72. The molecule has 0 aliphatic heterocycles. The summed E-state index contributed by atoms with van der Waals surface area (Å²) in [7, 11) is 0.